The molecule has 0 unspecified atom stereocenters. The minimum atomic E-state index is -3.25. The first-order valence-electron chi connectivity index (χ1n) is 5.63. The lowest BCUT2D eigenvalue weighted by Gasteiger charge is -2.13. The number of rotatable bonds is 11. The van der Waals surface area contributed by atoms with Crippen LogP contribution in [0.5, 0.6) is 6.01 Å². The molecule has 0 radical (unpaired) electrons. The summed E-state index contributed by atoms with van der Waals surface area (Å²) in [5.41, 5.74) is 0. The zero-order chi connectivity index (χ0) is 14.8. The monoisotopic (exact) mass is 374 g/mol. The number of hydrogen-bond donors (Lipinski definition) is 0. The van der Waals surface area contributed by atoms with Gasteiger partial charge < -0.3 is 12.9 Å². The van der Waals surface area contributed by atoms with E-state index in [4.69, 9.17) is 12.9 Å². The second-order valence-corrected chi connectivity index (χ2v) is 11.3. The molecule has 1 rings (SSSR count). The highest BCUT2D eigenvalue weighted by atomic mass is 33.1. The molecule has 0 aliphatic heterocycles. The van der Waals surface area contributed by atoms with Crippen molar-refractivity contribution in [2.45, 2.75) is 18.2 Å². The highest BCUT2D eigenvalue weighted by Crippen LogP contribution is 2.69. The Balaban J connectivity index is 2.65. The average molecular weight is 374 g/mol. The molecule has 0 atom stereocenters. The molecule has 0 spiro atoms. The summed E-state index contributed by atoms with van der Waals surface area (Å²) in [6.45, 7) is 8.05. The van der Waals surface area contributed by atoms with E-state index in [1.807, 2.05) is 0 Å². The van der Waals surface area contributed by atoms with E-state index in [0.29, 0.717) is 13.2 Å². The first-order chi connectivity index (χ1) is 9.63. The number of hydrogen-bond acceptors (Lipinski definition) is 10. The topological polar surface area (TPSA) is 70.5 Å². The molecule has 0 fully saturated rings. The SMILES string of the molecule is C=CCSc1nc(OP(=O)(SOCC)SOCC)ns1. The summed E-state index contributed by atoms with van der Waals surface area (Å²) in [5.74, 6) is -2.52. The van der Waals surface area contributed by atoms with Crippen molar-refractivity contribution in [1.29, 1.82) is 0 Å². The normalized spacial score (nSPS) is 11.5. The Hall–Kier alpha value is 0.300. The molecule has 0 saturated heterocycles. The standard InChI is InChI=1S/C9H15N2O4PS4/c1-4-7-17-9-10-8(11-18-9)15-16(12,19-13-5-2)20-14-6-3/h4H,1,5-7H2,2-3H3. The van der Waals surface area contributed by atoms with Crippen LogP contribution in [0.1, 0.15) is 13.8 Å². The van der Waals surface area contributed by atoms with Crippen LogP contribution in [-0.4, -0.2) is 28.3 Å². The summed E-state index contributed by atoms with van der Waals surface area (Å²) < 4.78 is 32.8. The number of nitrogens with zero attached hydrogens (tertiary/aromatic N) is 2. The van der Waals surface area contributed by atoms with Crippen molar-refractivity contribution in [1.82, 2.24) is 9.36 Å². The first-order valence-corrected chi connectivity index (χ1v) is 11.7. The van der Waals surface area contributed by atoms with Crippen LogP contribution in [0.15, 0.2) is 17.0 Å². The molecule has 114 valence electrons. The highest BCUT2D eigenvalue weighted by Gasteiger charge is 2.31. The number of thioether (sulfide) groups is 1. The van der Waals surface area contributed by atoms with Gasteiger partial charge in [0.1, 0.15) is 23.3 Å². The molecular weight excluding hydrogens is 359 g/mol. The van der Waals surface area contributed by atoms with E-state index in [2.05, 4.69) is 15.9 Å². The van der Waals surface area contributed by atoms with Crippen molar-refractivity contribution >= 4 is 52.4 Å². The summed E-state index contributed by atoms with van der Waals surface area (Å²) in [6.07, 6.45) is 1.77. The smallest absolute Gasteiger partial charge is 0.391 e. The molecule has 1 aromatic heterocycles. The molecule has 11 heteroatoms. The highest BCUT2D eigenvalue weighted by molar-refractivity contribution is 8.87. The molecule has 0 aliphatic rings. The van der Waals surface area contributed by atoms with Gasteiger partial charge in [-0.1, -0.05) is 17.8 Å². The minimum Gasteiger partial charge on any atom is -0.391 e. The number of aromatic nitrogens is 2. The van der Waals surface area contributed by atoms with Gasteiger partial charge in [0.2, 0.25) is 0 Å². The van der Waals surface area contributed by atoms with Crippen molar-refractivity contribution in [2.24, 2.45) is 0 Å². The van der Waals surface area contributed by atoms with Crippen molar-refractivity contribution in [3.63, 3.8) is 0 Å². The predicted molar refractivity (Wildman–Crippen MR) is 87.5 cm³/mol. The molecule has 0 aliphatic carbocycles. The molecule has 6 nitrogen and oxygen atoms in total. The van der Waals surface area contributed by atoms with Gasteiger partial charge in [0.25, 0.3) is 0 Å². The van der Waals surface area contributed by atoms with E-state index in [1.165, 1.54) is 23.3 Å². The second kappa shape index (κ2) is 10.1. The van der Waals surface area contributed by atoms with Crippen LogP contribution in [0.3, 0.4) is 0 Å². The third-order valence-electron chi connectivity index (χ3n) is 1.43. The molecule has 20 heavy (non-hydrogen) atoms. The Kier molecular flexibility index (Phi) is 9.26. The van der Waals surface area contributed by atoms with Crippen LogP contribution < -0.4 is 4.52 Å². The Labute approximate surface area is 135 Å². The van der Waals surface area contributed by atoms with Crippen LogP contribution in [0, 0.1) is 0 Å². The quantitative estimate of drug-likeness (QED) is 0.238. The van der Waals surface area contributed by atoms with Gasteiger partial charge in [-0.05, 0) is 25.4 Å². The maximum Gasteiger partial charge on any atom is 0.414 e. The minimum absolute atomic E-state index is 0.0734. The molecule has 0 bridgehead atoms. The van der Waals surface area contributed by atoms with E-state index in [9.17, 15) is 4.57 Å². The maximum atomic E-state index is 12.5. The average Bonchev–Trinajstić information content (AvgIpc) is 2.88. The van der Waals surface area contributed by atoms with Gasteiger partial charge in [0, 0.05) is 5.75 Å². The van der Waals surface area contributed by atoms with Gasteiger partial charge in [-0.3, -0.25) is 0 Å². The first kappa shape index (κ1) is 18.3. The zero-order valence-electron chi connectivity index (χ0n) is 11.0. The fourth-order valence-electron chi connectivity index (χ4n) is 0.800. The van der Waals surface area contributed by atoms with Gasteiger partial charge in [0.05, 0.1) is 13.2 Å². The Morgan fingerprint density at radius 2 is 2.00 bits per heavy atom. The van der Waals surface area contributed by atoms with Gasteiger partial charge in [-0.15, -0.1) is 11.0 Å². The molecule has 0 saturated carbocycles. The Morgan fingerprint density at radius 1 is 1.35 bits per heavy atom. The summed E-state index contributed by atoms with van der Waals surface area (Å²) in [4.78, 5) is 4.14. The van der Waals surface area contributed by atoms with Gasteiger partial charge in [-0.2, -0.15) is 4.98 Å². The fraction of sp³-hybridized carbons (Fsp3) is 0.556. The van der Waals surface area contributed by atoms with Gasteiger partial charge >= 0.3 is 11.8 Å². The van der Waals surface area contributed by atoms with E-state index in [-0.39, 0.29) is 6.01 Å². The lowest BCUT2D eigenvalue weighted by Crippen LogP contribution is -1.91. The third-order valence-corrected chi connectivity index (χ3v) is 7.95. The Bertz CT molecular complexity index is 447. The van der Waals surface area contributed by atoms with Crippen LogP contribution in [0.4, 0.5) is 0 Å². The van der Waals surface area contributed by atoms with Crippen molar-refractivity contribution in [2.75, 3.05) is 19.0 Å². The van der Waals surface area contributed by atoms with Crippen molar-refractivity contribution < 1.29 is 17.5 Å². The summed E-state index contributed by atoms with van der Waals surface area (Å²) in [5, 5.41) is 0. The largest absolute Gasteiger partial charge is 0.414 e. The van der Waals surface area contributed by atoms with Gasteiger partial charge in [-0.25, -0.2) is 4.57 Å². The van der Waals surface area contributed by atoms with Crippen LogP contribution in [-0.2, 0) is 12.9 Å². The lowest BCUT2D eigenvalue weighted by atomic mass is 10.8. The van der Waals surface area contributed by atoms with E-state index in [0.717, 1.165) is 33.4 Å². The molecule has 0 aromatic carbocycles. The predicted octanol–water partition coefficient (Wildman–Crippen LogP) is 4.67. The lowest BCUT2D eigenvalue weighted by molar-refractivity contribution is 0.396. The van der Waals surface area contributed by atoms with Gasteiger partial charge in [0.15, 0.2) is 4.34 Å². The van der Waals surface area contributed by atoms with Crippen molar-refractivity contribution in [3.8, 4) is 6.01 Å². The van der Waals surface area contributed by atoms with Crippen LogP contribution >= 0.6 is 52.4 Å². The molecule has 1 heterocycles. The van der Waals surface area contributed by atoms with Crippen molar-refractivity contribution in [3.05, 3.63) is 12.7 Å². The maximum absolute atomic E-state index is 12.5. The molecule has 1 aromatic rings. The fourth-order valence-corrected chi connectivity index (χ4v) is 6.04. The summed E-state index contributed by atoms with van der Waals surface area (Å²) in [6, 6.07) is 0.0734. The summed E-state index contributed by atoms with van der Waals surface area (Å²) >= 11 is 4.19. The summed E-state index contributed by atoms with van der Waals surface area (Å²) in [7, 11) is 0. The van der Waals surface area contributed by atoms with E-state index < -0.39 is 5.77 Å². The third kappa shape index (κ3) is 6.84. The van der Waals surface area contributed by atoms with E-state index in [1.54, 1.807) is 19.9 Å². The van der Waals surface area contributed by atoms with Crippen LogP contribution in [0.2, 0.25) is 0 Å². The Morgan fingerprint density at radius 3 is 2.55 bits per heavy atom. The molecule has 0 amide bonds. The second-order valence-electron chi connectivity index (χ2n) is 2.94. The molecular formula is C9H15N2O4PS4. The molecule has 0 N–H and O–H groups in total. The van der Waals surface area contributed by atoms with Crippen LogP contribution in [0.25, 0.3) is 0 Å². The zero-order valence-corrected chi connectivity index (χ0v) is 15.2. The van der Waals surface area contributed by atoms with E-state index >= 15 is 0 Å².